The standard InChI is InChI=1S/C25H37ClN6O7/c1-23(2,3)37-20(33)31(32(21(34)38-24(4,5)6)22(35)39-25(7,8)9)18-15-14-27-30(16-12-10-11-13-36-16)17(15)28-19(26)29-18/h14,16H,10-13H2,1-9H3. The highest BCUT2D eigenvalue weighted by molar-refractivity contribution is 6.29. The van der Waals surface area contributed by atoms with Crippen molar-refractivity contribution in [3.63, 3.8) is 0 Å². The molecule has 1 aliphatic heterocycles. The molecule has 1 saturated heterocycles. The monoisotopic (exact) mass is 568 g/mol. The first-order chi connectivity index (χ1) is 17.9. The van der Waals surface area contributed by atoms with Crippen molar-refractivity contribution in [2.24, 2.45) is 0 Å². The van der Waals surface area contributed by atoms with Crippen molar-refractivity contribution >= 4 is 46.7 Å². The van der Waals surface area contributed by atoms with Gasteiger partial charge in [-0.3, -0.25) is 0 Å². The molecule has 0 N–H and O–H groups in total. The van der Waals surface area contributed by atoms with Crippen molar-refractivity contribution in [3.8, 4) is 0 Å². The predicted octanol–water partition coefficient (Wildman–Crippen LogP) is 6.01. The van der Waals surface area contributed by atoms with Gasteiger partial charge in [-0.05, 0) is 93.2 Å². The molecule has 3 amide bonds. The summed E-state index contributed by atoms with van der Waals surface area (Å²) in [6, 6.07) is 0. The maximum atomic E-state index is 13.7. The van der Waals surface area contributed by atoms with Gasteiger partial charge in [0.05, 0.1) is 11.6 Å². The number of rotatable bonds is 2. The lowest BCUT2D eigenvalue weighted by molar-refractivity contribution is -0.0370. The van der Waals surface area contributed by atoms with Crippen LogP contribution in [0.25, 0.3) is 11.0 Å². The van der Waals surface area contributed by atoms with E-state index in [9.17, 15) is 14.4 Å². The zero-order valence-electron chi connectivity index (χ0n) is 23.9. The van der Waals surface area contributed by atoms with Gasteiger partial charge in [0.25, 0.3) is 0 Å². The summed E-state index contributed by atoms with van der Waals surface area (Å²) in [7, 11) is 0. The molecule has 1 fully saturated rings. The SMILES string of the molecule is CC(C)(C)OC(=O)N(C(=O)OC(C)(C)C)N(C(=O)OC(C)(C)C)c1nc(Cl)nc2c1cnn2C1CCCCO1. The summed E-state index contributed by atoms with van der Waals surface area (Å²) in [6.07, 6.45) is -0.00217. The molecule has 1 unspecified atom stereocenters. The van der Waals surface area contributed by atoms with E-state index in [0.717, 1.165) is 12.8 Å². The van der Waals surface area contributed by atoms with E-state index in [4.69, 9.17) is 30.5 Å². The molecule has 1 atom stereocenters. The maximum Gasteiger partial charge on any atom is 0.440 e. The van der Waals surface area contributed by atoms with Gasteiger partial charge in [-0.25, -0.2) is 19.1 Å². The van der Waals surface area contributed by atoms with Crippen LogP contribution >= 0.6 is 11.6 Å². The highest BCUT2D eigenvalue weighted by Gasteiger charge is 2.43. The Balaban J connectivity index is 2.25. The molecule has 0 bridgehead atoms. The lowest BCUT2D eigenvalue weighted by Gasteiger charge is -2.35. The summed E-state index contributed by atoms with van der Waals surface area (Å²) >= 11 is 6.32. The zero-order valence-corrected chi connectivity index (χ0v) is 24.7. The van der Waals surface area contributed by atoms with Crippen LogP contribution in [0.3, 0.4) is 0 Å². The minimum atomic E-state index is -1.20. The maximum absolute atomic E-state index is 13.7. The molecule has 39 heavy (non-hydrogen) atoms. The van der Waals surface area contributed by atoms with Crippen LogP contribution in [-0.2, 0) is 18.9 Å². The van der Waals surface area contributed by atoms with Gasteiger partial charge in [0.1, 0.15) is 16.8 Å². The second kappa shape index (κ2) is 11.1. The lowest BCUT2D eigenvalue weighted by atomic mass is 10.2. The van der Waals surface area contributed by atoms with Gasteiger partial charge < -0.3 is 18.9 Å². The highest BCUT2D eigenvalue weighted by Crippen LogP contribution is 2.33. The first-order valence-electron chi connectivity index (χ1n) is 12.7. The zero-order chi connectivity index (χ0) is 29.3. The van der Waals surface area contributed by atoms with E-state index < -0.39 is 41.3 Å². The number of hydrazine groups is 1. The number of aromatic nitrogens is 4. The first-order valence-corrected chi connectivity index (χ1v) is 13.1. The number of ether oxygens (including phenoxy) is 4. The number of imide groups is 1. The lowest BCUT2D eigenvalue weighted by Crippen LogP contribution is -2.57. The van der Waals surface area contributed by atoms with Crippen molar-refractivity contribution in [2.75, 3.05) is 11.6 Å². The molecule has 14 heteroatoms. The van der Waals surface area contributed by atoms with Crippen LogP contribution < -0.4 is 5.01 Å². The number of anilines is 1. The fourth-order valence-corrected chi connectivity index (χ4v) is 3.75. The van der Waals surface area contributed by atoms with E-state index in [-0.39, 0.29) is 22.1 Å². The van der Waals surface area contributed by atoms with Gasteiger partial charge in [-0.1, -0.05) is 0 Å². The van der Waals surface area contributed by atoms with Gasteiger partial charge in [-0.15, -0.1) is 5.01 Å². The summed E-state index contributed by atoms with van der Waals surface area (Å²) < 4.78 is 23.9. The molecule has 216 valence electrons. The van der Waals surface area contributed by atoms with Crippen molar-refractivity contribution in [1.82, 2.24) is 24.8 Å². The Labute approximate surface area is 232 Å². The topological polar surface area (TPSA) is 138 Å². The van der Waals surface area contributed by atoms with E-state index in [2.05, 4.69) is 15.1 Å². The normalized spacial score (nSPS) is 16.5. The van der Waals surface area contributed by atoms with Crippen LogP contribution in [0, 0.1) is 0 Å². The summed E-state index contributed by atoms with van der Waals surface area (Å²) in [5.41, 5.74) is -2.84. The molecule has 0 aliphatic carbocycles. The number of fused-ring (bicyclic) bond motifs is 1. The summed E-state index contributed by atoms with van der Waals surface area (Å²) in [5.74, 6) is -0.238. The third-order valence-corrected chi connectivity index (χ3v) is 5.10. The van der Waals surface area contributed by atoms with Crippen LogP contribution in [0.1, 0.15) is 87.8 Å². The molecule has 3 rings (SSSR count). The summed E-state index contributed by atoms with van der Waals surface area (Å²) in [4.78, 5) is 49.2. The third kappa shape index (κ3) is 7.91. The van der Waals surface area contributed by atoms with Crippen molar-refractivity contribution in [3.05, 3.63) is 11.5 Å². The predicted molar refractivity (Wildman–Crippen MR) is 142 cm³/mol. The van der Waals surface area contributed by atoms with Crippen LogP contribution in [-0.4, -0.2) is 66.4 Å². The molecule has 13 nitrogen and oxygen atoms in total. The number of halogens is 1. The Kier molecular flexibility index (Phi) is 8.66. The molecule has 2 aromatic heterocycles. The Bertz CT molecular complexity index is 1190. The molecule has 2 aromatic rings. The molecular formula is C25H37ClN6O7. The molecule has 0 spiro atoms. The number of nitrogens with zero attached hydrogens (tertiary/aromatic N) is 6. The van der Waals surface area contributed by atoms with Gasteiger partial charge in [0.2, 0.25) is 5.28 Å². The van der Waals surface area contributed by atoms with Gasteiger partial charge in [0, 0.05) is 6.61 Å². The van der Waals surface area contributed by atoms with Crippen molar-refractivity contribution in [1.29, 1.82) is 0 Å². The summed E-state index contributed by atoms with van der Waals surface area (Å²) in [5, 5.41) is 5.38. The first kappa shape index (κ1) is 30.4. The molecule has 0 aromatic carbocycles. The number of amides is 3. The average Bonchev–Trinajstić information content (AvgIpc) is 3.17. The van der Waals surface area contributed by atoms with Crippen LogP contribution in [0.5, 0.6) is 0 Å². The van der Waals surface area contributed by atoms with Crippen molar-refractivity contribution in [2.45, 2.75) is 105 Å². The van der Waals surface area contributed by atoms with Crippen LogP contribution in [0.15, 0.2) is 6.20 Å². The Hall–Kier alpha value is -3.19. The fourth-order valence-electron chi connectivity index (χ4n) is 3.59. The minimum absolute atomic E-state index is 0.205. The van der Waals surface area contributed by atoms with E-state index in [1.807, 2.05) is 0 Å². The number of hydrogen-bond donors (Lipinski definition) is 0. The smallest absolute Gasteiger partial charge is 0.440 e. The van der Waals surface area contributed by atoms with E-state index in [0.29, 0.717) is 23.0 Å². The Morgan fingerprint density at radius 1 is 0.897 bits per heavy atom. The third-order valence-electron chi connectivity index (χ3n) is 4.93. The second-order valence-electron chi connectivity index (χ2n) is 12.0. The number of carbonyl (C=O) groups excluding carboxylic acids is 3. The molecule has 0 saturated carbocycles. The van der Waals surface area contributed by atoms with E-state index >= 15 is 0 Å². The van der Waals surface area contributed by atoms with Crippen LogP contribution in [0.4, 0.5) is 20.2 Å². The summed E-state index contributed by atoms with van der Waals surface area (Å²) in [6.45, 7) is 15.1. The van der Waals surface area contributed by atoms with Gasteiger partial charge >= 0.3 is 18.3 Å². The van der Waals surface area contributed by atoms with Crippen molar-refractivity contribution < 1.29 is 33.3 Å². The van der Waals surface area contributed by atoms with Gasteiger partial charge in [-0.2, -0.15) is 20.1 Å². The van der Waals surface area contributed by atoms with Gasteiger partial charge in [0.15, 0.2) is 17.7 Å². The minimum Gasteiger partial charge on any atom is -0.442 e. The molecule has 3 heterocycles. The fraction of sp³-hybridized carbons (Fsp3) is 0.680. The second-order valence-corrected chi connectivity index (χ2v) is 12.4. The largest absolute Gasteiger partial charge is 0.442 e. The molecular weight excluding hydrogens is 532 g/mol. The van der Waals surface area contributed by atoms with Crippen LogP contribution in [0.2, 0.25) is 5.28 Å². The average molecular weight is 569 g/mol. The Morgan fingerprint density at radius 3 is 1.92 bits per heavy atom. The molecule has 1 aliphatic rings. The quantitative estimate of drug-likeness (QED) is 0.240. The van der Waals surface area contributed by atoms with E-state index in [1.54, 1.807) is 62.3 Å². The Morgan fingerprint density at radius 2 is 1.44 bits per heavy atom. The number of carbonyl (C=O) groups is 3. The number of hydrogen-bond acceptors (Lipinski definition) is 10. The van der Waals surface area contributed by atoms with E-state index in [1.165, 1.54) is 10.9 Å². The molecule has 0 radical (unpaired) electrons. The highest BCUT2D eigenvalue weighted by atomic mass is 35.5.